The molecule has 1 N–H and O–H groups in total. The Labute approximate surface area is 130 Å². The Hall–Kier alpha value is -2.32. The molecule has 0 radical (unpaired) electrons. The van der Waals surface area contributed by atoms with E-state index in [9.17, 15) is 4.39 Å². The summed E-state index contributed by atoms with van der Waals surface area (Å²) in [6.45, 7) is 6.44. The van der Waals surface area contributed by atoms with Crippen LogP contribution in [0.5, 0.6) is 0 Å². The third-order valence-electron chi connectivity index (χ3n) is 3.71. The van der Waals surface area contributed by atoms with Crippen LogP contribution < -0.4 is 5.32 Å². The summed E-state index contributed by atoms with van der Waals surface area (Å²) in [4.78, 5) is 2.24. The summed E-state index contributed by atoms with van der Waals surface area (Å²) < 4.78 is 19.5. The fourth-order valence-corrected chi connectivity index (χ4v) is 2.49. The molecule has 2 aromatic rings. The van der Waals surface area contributed by atoms with Gasteiger partial charge in [-0.25, -0.2) is 4.39 Å². The Balaban J connectivity index is 2.13. The van der Waals surface area contributed by atoms with Gasteiger partial charge in [0.15, 0.2) is 0 Å². The van der Waals surface area contributed by atoms with Crippen molar-refractivity contribution in [3.05, 3.63) is 53.7 Å². The number of likely N-dealkylation sites (N-methyl/N-ethyl adjacent to an activating group) is 1. The van der Waals surface area contributed by atoms with Crippen molar-refractivity contribution in [1.82, 2.24) is 4.90 Å². The number of benzene rings is 1. The molecule has 116 valence electrons. The SMILES string of the molecule is CCN(CC)C(CNc1ccc(C#N)cc1F)c1ccco1. The number of nitrogens with zero attached hydrogens (tertiary/aromatic N) is 2. The molecule has 0 aliphatic rings. The second-order valence-corrected chi connectivity index (χ2v) is 4.94. The first-order chi connectivity index (χ1) is 10.7. The van der Waals surface area contributed by atoms with Gasteiger partial charge < -0.3 is 9.73 Å². The second-order valence-electron chi connectivity index (χ2n) is 4.94. The molecule has 2 rings (SSSR count). The van der Waals surface area contributed by atoms with Crippen LogP contribution in [0.15, 0.2) is 41.0 Å². The van der Waals surface area contributed by atoms with E-state index >= 15 is 0 Å². The Morgan fingerprint density at radius 2 is 2.09 bits per heavy atom. The summed E-state index contributed by atoms with van der Waals surface area (Å²) in [5, 5.41) is 11.9. The molecular weight excluding hydrogens is 281 g/mol. The molecule has 1 unspecified atom stereocenters. The van der Waals surface area contributed by atoms with Gasteiger partial charge in [-0.3, -0.25) is 4.90 Å². The van der Waals surface area contributed by atoms with E-state index in [2.05, 4.69) is 24.1 Å². The number of rotatable bonds is 7. The molecule has 0 aliphatic heterocycles. The van der Waals surface area contributed by atoms with Crippen molar-refractivity contribution in [1.29, 1.82) is 5.26 Å². The van der Waals surface area contributed by atoms with Crippen molar-refractivity contribution in [2.45, 2.75) is 19.9 Å². The quantitative estimate of drug-likeness (QED) is 0.845. The molecule has 0 bridgehead atoms. The van der Waals surface area contributed by atoms with Crippen molar-refractivity contribution in [3.63, 3.8) is 0 Å². The monoisotopic (exact) mass is 301 g/mol. The van der Waals surface area contributed by atoms with Crippen LogP contribution in [0.25, 0.3) is 0 Å². The van der Waals surface area contributed by atoms with Gasteiger partial charge in [0.1, 0.15) is 11.6 Å². The van der Waals surface area contributed by atoms with E-state index in [-0.39, 0.29) is 6.04 Å². The van der Waals surface area contributed by atoms with Crippen LogP contribution in [0.4, 0.5) is 10.1 Å². The normalized spacial score (nSPS) is 12.1. The molecule has 0 amide bonds. The van der Waals surface area contributed by atoms with E-state index < -0.39 is 5.82 Å². The summed E-state index contributed by atoms with van der Waals surface area (Å²) in [7, 11) is 0. The van der Waals surface area contributed by atoms with Crippen molar-refractivity contribution in [2.24, 2.45) is 0 Å². The van der Waals surface area contributed by atoms with E-state index in [1.807, 2.05) is 18.2 Å². The predicted molar refractivity (Wildman–Crippen MR) is 84.0 cm³/mol. The van der Waals surface area contributed by atoms with Gasteiger partial charge in [0.05, 0.1) is 29.6 Å². The van der Waals surface area contributed by atoms with Gasteiger partial charge in [0, 0.05) is 6.54 Å². The van der Waals surface area contributed by atoms with Crippen LogP contribution in [0.3, 0.4) is 0 Å². The van der Waals surface area contributed by atoms with E-state index in [1.165, 1.54) is 6.07 Å². The molecule has 1 aromatic heterocycles. The zero-order chi connectivity index (χ0) is 15.9. The zero-order valence-electron chi connectivity index (χ0n) is 12.8. The molecule has 1 aromatic carbocycles. The van der Waals surface area contributed by atoms with Crippen molar-refractivity contribution >= 4 is 5.69 Å². The standard InChI is InChI=1S/C17H20FN3O/c1-3-21(4-2)16(17-6-5-9-22-17)12-20-15-8-7-13(11-19)10-14(15)18/h5-10,16,20H,3-4,12H2,1-2H3. The molecule has 0 saturated heterocycles. The number of hydrogen-bond donors (Lipinski definition) is 1. The van der Waals surface area contributed by atoms with E-state index in [1.54, 1.807) is 18.4 Å². The highest BCUT2D eigenvalue weighted by Gasteiger charge is 2.20. The van der Waals surface area contributed by atoms with Crippen LogP contribution in [-0.4, -0.2) is 24.5 Å². The first kappa shape index (κ1) is 16.1. The Morgan fingerprint density at radius 3 is 2.64 bits per heavy atom. The summed E-state index contributed by atoms with van der Waals surface area (Å²) in [5.74, 6) is 0.432. The maximum Gasteiger partial charge on any atom is 0.147 e. The average molecular weight is 301 g/mol. The molecule has 5 heteroatoms. The van der Waals surface area contributed by atoms with E-state index in [4.69, 9.17) is 9.68 Å². The fourth-order valence-electron chi connectivity index (χ4n) is 2.49. The number of furan rings is 1. The van der Waals surface area contributed by atoms with Crippen molar-refractivity contribution in [2.75, 3.05) is 25.0 Å². The molecule has 4 nitrogen and oxygen atoms in total. The smallest absolute Gasteiger partial charge is 0.147 e. The van der Waals surface area contributed by atoms with Crippen molar-refractivity contribution < 1.29 is 8.81 Å². The van der Waals surface area contributed by atoms with Crippen LogP contribution in [0.1, 0.15) is 31.2 Å². The third-order valence-corrected chi connectivity index (χ3v) is 3.71. The molecule has 0 aliphatic carbocycles. The van der Waals surface area contributed by atoms with Gasteiger partial charge in [0.2, 0.25) is 0 Å². The minimum Gasteiger partial charge on any atom is -0.468 e. The van der Waals surface area contributed by atoms with E-state index in [0.29, 0.717) is 17.8 Å². The van der Waals surface area contributed by atoms with Crippen LogP contribution >= 0.6 is 0 Å². The molecular formula is C17H20FN3O. The van der Waals surface area contributed by atoms with Gasteiger partial charge in [0.25, 0.3) is 0 Å². The van der Waals surface area contributed by atoms with Gasteiger partial charge in [-0.15, -0.1) is 0 Å². The molecule has 1 heterocycles. The second kappa shape index (κ2) is 7.62. The predicted octanol–water partition coefficient (Wildman–Crippen LogP) is 3.79. The highest BCUT2D eigenvalue weighted by atomic mass is 19.1. The Kier molecular flexibility index (Phi) is 5.56. The number of halogens is 1. The lowest BCUT2D eigenvalue weighted by Gasteiger charge is -2.28. The first-order valence-corrected chi connectivity index (χ1v) is 7.40. The first-order valence-electron chi connectivity index (χ1n) is 7.40. The maximum atomic E-state index is 13.9. The van der Waals surface area contributed by atoms with E-state index in [0.717, 1.165) is 18.8 Å². The lowest BCUT2D eigenvalue weighted by molar-refractivity contribution is 0.202. The molecule has 0 saturated carbocycles. The largest absolute Gasteiger partial charge is 0.468 e. The minimum absolute atomic E-state index is 0.0278. The zero-order valence-corrected chi connectivity index (χ0v) is 12.8. The summed E-state index contributed by atoms with van der Waals surface area (Å²) in [6, 6.07) is 10.2. The molecule has 0 spiro atoms. The number of nitriles is 1. The van der Waals surface area contributed by atoms with Crippen LogP contribution in [-0.2, 0) is 0 Å². The van der Waals surface area contributed by atoms with Crippen LogP contribution in [0.2, 0.25) is 0 Å². The average Bonchev–Trinajstić information content (AvgIpc) is 3.06. The summed E-state index contributed by atoms with van der Waals surface area (Å²) in [5.41, 5.74) is 0.706. The lowest BCUT2D eigenvalue weighted by atomic mass is 10.1. The highest BCUT2D eigenvalue weighted by molar-refractivity contribution is 5.49. The molecule has 0 fully saturated rings. The topological polar surface area (TPSA) is 52.2 Å². The molecule has 1 atom stereocenters. The van der Waals surface area contributed by atoms with Gasteiger partial charge in [-0.05, 0) is 43.4 Å². The lowest BCUT2D eigenvalue weighted by Crippen LogP contribution is -2.33. The number of hydrogen-bond acceptors (Lipinski definition) is 4. The Bertz CT molecular complexity index is 630. The number of nitrogens with one attached hydrogen (secondary N) is 1. The van der Waals surface area contributed by atoms with Gasteiger partial charge in [-0.2, -0.15) is 5.26 Å². The third kappa shape index (κ3) is 3.66. The number of anilines is 1. The Morgan fingerprint density at radius 1 is 1.32 bits per heavy atom. The summed E-state index contributed by atoms with van der Waals surface area (Å²) in [6.07, 6.45) is 1.65. The van der Waals surface area contributed by atoms with Gasteiger partial charge >= 0.3 is 0 Å². The minimum atomic E-state index is -0.420. The van der Waals surface area contributed by atoms with Gasteiger partial charge in [-0.1, -0.05) is 13.8 Å². The van der Waals surface area contributed by atoms with Crippen molar-refractivity contribution in [3.8, 4) is 6.07 Å². The fraction of sp³-hybridized carbons (Fsp3) is 0.353. The maximum absolute atomic E-state index is 13.9. The van der Waals surface area contributed by atoms with Crippen LogP contribution in [0, 0.1) is 17.1 Å². The molecule has 22 heavy (non-hydrogen) atoms. The summed E-state index contributed by atoms with van der Waals surface area (Å²) >= 11 is 0. The highest BCUT2D eigenvalue weighted by Crippen LogP contribution is 2.23.